The molecule has 0 saturated carbocycles. The minimum atomic E-state index is -0.298. The highest BCUT2D eigenvalue weighted by molar-refractivity contribution is 5.91. The smallest absolute Gasteiger partial charge is 0.244 e. The van der Waals surface area contributed by atoms with E-state index in [-0.39, 0.29) is 5.91 Å². The maximum Gasteiger partial charge on any atom is 0.244 e. The predicted molar refractivity (Wildman–Crippen MR) is 62.3 cm³/mol. The summed E-state index contributed by atoms with van der Waals surface area (Å²) >= 11 is 0. The molecule has 1 aromatic rings. The van der Waals surface area contributed by atoms with E-state index in [0.717, 1.165) is 24.8 Å². The first-order valence-corrected chi connectivity index (χ1v) is 5.26. The van der Waals surface area contributed by atoms with Crippen LogP contribution in [0.4, 0.5) is 0 Å². The van der Waals surface area contributed by atoms with Crippen molar-refractivity contribution in [2.45, 2.75) is 26.2 Å². The Morgan fingerprint density at radius 1 is 1.33 bits per heavy atom. The Labute approximate surface area is 90.8 Å². The molecule has 0 radical (unpaired) electrons. The van der Waals surface area contributed by atoms with Crippen molar-refractivity contribution >= 4 is 5.91 Å². The summed E-state index contributed by atoms with van der Waals surface area (Å²) < 4.78 is 0. The monoisotopic (exact) mass is 203 g/mol. The van der Waals surface area contributed by atoms with Gasteiger partial charge >= 0.3 is 0 Å². The topological polar surface area (TPSA) is 43.1 Å². The number of primary amides is 1. The number of rotatable bonds is 5. The highest BCUT2D eigenvalue weighted by Gasteiger charge is 2.02. The van der Waals surface area contributed by atoms with Gasteiger partial charge in [-0.15, -0.1) is 0 Å². The first-order valence-electron chi connectivity index (χ1n) is 5.26. The molecule has 2 N–H and O–H groups in total. The van der Waals surface area contributed by atoms with Gasteiger partial charge in [-0.3, -0.25) is 4.79 Å². The van der Waals surface area contributed by atoms with Crippen molar-refractivity contribution in [3.63, 3.8) is 0 Å². The Hall–Kier alpha value is -1.57. The number of allylic oxidation sites excluding steroid dienone is 1. The van der Waals surface area contributed by atoms with Gasteiger partial charge in [0, 0.05) is 5.57 Å². The highest BCUT2D eigenvalue weighted by atomic mass is 16.1. The molecule has 0 heterocycles. The van der Waals surface area contributed by atoms with Gasteiger partial charge in [0.15, 0.2) is 0 Å². The molecule has 2 heteroatoms. The molecule has 0 saturated heterocycles. The summed E-state index contributed by atoms with van der Waals surface area (Å²) in [7, 11) is 0. The second-order valence-corrected chi connectivity index (χ2v) is 3.53. The van der Waals surface area contributed by atoms with E-state index in [2.05, 4.69) is 0 Å². The lowest BCUT2D eigenvalue weighted by atomic mass is 10.1. The molecule has 0 fully saturated rings. The van der Waals surface area contributed by atoms with E-state index in [1.807, 2.05) is 43.3 Å². The first-order chi connectivity index (χ1) is 7.24. The first kappa shape index (κ1) is 11.5. The summed E-state index contributed by atoms with van der Waals surface area (Å²) in [6.07, 6.45) is 4.42. The Bertz CT molecular complexity index is 341. The molecule has 0 aromatic heterocycles. The van der Waals surface area contributed by atoms with E-state index >= 15 is 0 Å². The Morgan fingerprint density at radius 2 is 2.00 bits per heavy atom. The normalized spacial score (nSPS) is 11.4. The maximum absolute atomic E-state index is 11.1. The fraction of sp³-hybridized carbons (Fsp3) is 0.308. The number of hydrogen-bond acceptors (Lipinski definition) is 1. The van der Waals surface area contributed by atoms with Crippen LogP contribution in [0.3, 0.4) is 0 Å². The van der Waals surface area contributed by atoms with Gasteiger partial charge in [0.1, 0.15) is 0 Å². The molecular formula is C13H17NO. The molecule has 2 nitrogen and oxygen atoms in total. The number of carbonyl (C=O) groups is 1. The standard InChI is InChI=1S/C13H17NO/c1-2-6-12(13(14)15)10-9-11-7-4-3-5-8-11/h3-5,7-8,10H,2,6,9H2,1H3,(H2,14,15). The molecule has 1 aromatic carbocycles. The maximum atomic E-state index is 11.1. The lowest BCUT2D eigenvalue weighted by Gasteiger charge is -2.01. The average Bonchev–Trinajstić information content (AvgIpc) is 2.25. The minimum absolute atomic E-state index is 0.298. The number of benzene rings is 1. The van der Waals surface area contributed by atoms with Crippen LogP contribution in [-0.4, -0.2) is 5.91 Å². The Morgan fingerprint density at radius 3 is 2.53 bits per heavy atom. The molecule has 80 valence electrons. The lowest BCUT2D eigenvalue weighted by molar-refractivity contribution is -0.114. The van der Waals surface area contributed by atoms with Gasteiger partial charge in [-0.2, -0.15) is 0 Å². The molecule has 1 amide bonds. The predicted octanol–water partition coefficient (Wildman–Crippen LogP) is 2.44. The van der Waals surface area contributed by atoms with Crippen molar-refractivity contribution in [2.75, 3.05) is 0 Å². The summed E-state index contributed by atoms with van der Waals surface area (Å²) in [6.45, 7) is 2.04. The molecule has 0 bridgehead atoms. The molecule has 0 aliphatic rings. The van der Waals surface area contributed by atoms with Crippen LogP contribution >= 0.6 is 0 Å². The van der Waals surface area contributed by atoms with E-state index in [4.69, 9.17) is 5.73 Å². The molecule has 0 atom stereocenters. The SMILES string of the molecule is CCCC(=CCc1ccccc1)C(N)=O. The fourth-order valence-corrected chi connectivity index (χ4v) is 1.45. The quantitative estimate of drug-likeness (QED) is 0.734. The van der Waals surface area contributed by atoms with Crippen LogP contribution in [0.2, 0.25) is 0 Å². The van der Waals surface area contributed by atoms with Gasteiger partial charge in [0.25, 0.3) is 0 Å². The molecular weight excluding hydrogens is 186 g/mol. The van der Waals surface area contributed by atoms with Crippen LogP contribution in [0.25, 0.3) is 0 Å². The third-order valence-electron chi connectivity index (χ3n) is 2.26. The van der Waals surface area contributed by atoms with Crippen LogP contribution in [0, 0.1) is 0 Å². The average molecular weight is 203 g/mol. The van der Waals surface area contributed by atoms with Crippen molar-refractivity contribution in [1.82, 2.24) is 0 Å². The van der Waals surface area contributed by atoms with Gasteiger partial charge in [-0.05, 0) is 18.4 Å². The van der Waals surface area contributed by atoms with E-state index in [1.54, 1.807) is 0 Å². The number of hydrogen-bond donors (Lipinski definition) is 1. The van der Waals surface area contributed by atoms with E-state index in [0.29, 0.717) is 0 Å². The summed E-state index contributed by atoms with van der Waals surface area (Å²) in [5.74, 6) is -0.298. The number of carbonyl (C=O) groups excluding carboxylic acids is 1. The summed E-state index contributed by atoms with van der Waals surface area (Å²) in [4.78, 5) is 11.1. The second kappa shape index (κ2) is 6.02. The number of nitrogens with two attached hydrogens (primary N) is 1. The Balaban J connectivity index is 2.65. The van der Waals surface area contributed by atoms with E-state index in [1.165, 1.54) is 5.56 Å². The van der Waals surface area contributed by atoms with Gasteiger partial charge in [-0.1, -0.05) is 49.8 Å². The van der Waals surface area contributed by atoms with Crippen molar-refractivity contribution in [3.8, 4) is 0 Å². The summed E-state index contributed by atoms with van der Waals surface area (Å²) in [5.41, 5.74) is 7.22. The van der Waals surface area contributed by atoms with Gasteiger partial charge in [0.05, 0.1) is 0 Å². The molecule has 0 unspecified atom stereocenters. The van der Waals surface area contributed by atoms with Crippen molar-refractivity contribution < 1.29 is 4.79 Å². The van der Waals surface area contributed by atoms with E-state index < -0.39 is 0 Å². The van der Waals surface area contributed by atoms with Crippen molar-refractivity contribution in [2.24, 2.45) is 5.73 Å². The molecule has 0 aliphatic carbocycles. The van der Waals surface area contributed by atoms with Gasteiger partial charge in [0.2, 0.25) is 5.91 Å². The highest BCUT2D eigenvalue weighted by Crippen LogP contribution is 2.07. The summed E-state index contributed by atoms with van der Waals surface area (Å²) in [5, 5.41) is 0. The zero-order valence-corrected chi connectivity index (χ0v) is 9.07. The van der Waals surface area contributed by atoms with Crippen LogP contribution in [0.1, 0.15) is 25.3 Å². The fourth-order valence-electron chi connectivity index (χ4n) is 1.45. The molecule has 1 rings (SSSR count). The van der Waals surface area contributed by atoms with Crippen LogP contribution in [-0.2, 0) is 11.2 Å². The minimum Gasteiger partial charge on any atom is -0.366 e. The van der Waals surface area contributed by atoms with E-state index in [9.17, 15) is 4.79 Å². The second-order valence-electron chi connectivity index (χ2n) is 3.53. The molecule has 0 aliphatic heterocycles. The van der Waals surface area contributed by atoms with Gasteiger partial charge < -0.3 is 5.73 Å². The molecule has 0 spiro atoms. The van der Waals surface area contributed by atoms with Crippen molar-refractivity contribution in [3.05, 3.63) is 47.5 Å². The lowest BCUT2D eigenvalue weighted by Crippen LogP contribution is -2.14. The largest absolute Gasteiger partial charge is 0.366 e. The summed E-state index contributed by atoms with van der Waals surface area (Å²) in [6, 6.07) is 10.1. The zero-order valence-electron chi connectivity index (χ0n) is 9.07. The number of amides is 1. The van der Waals surface area contributed by atoms with Crippen LogP contribution in [0.15, 0.2) is 42.0 Å². The third-order valence-corrected chi connectivity index (χ3v) is 2.26. The van der Waals surface area contributed by atoms with Crippen LogP contribution in [0.5, 0.6) is 0 Å². The third kappa shape index (κ3) is 3.98. The van der Waals surface area contributed by atoms with Gasteiger partial charge in [-0.25, -0.2) is 0 Å². The zero-order chi connectivity index (χ0) is 11.1. The van der Waals surface area contributed by atoms with Crippen LogP contribution < -0.4 is 5.73 Å². The molecule has 15 heavy (non-hydrogen) atoms. The Kier molecular flexibility index (Phi) is 4.61. The van der Waals surface area contributed by atoms with Crippen molar-refractivity contribution in [1.29, 1.82) is 0 Å².